The molecule has 0 bridgehead atoms. The van der Waals surface area contributed by atoms with E-state index >= 15 is 0 Å². The average molecular weight is 299 g/mol. The number of rotatable bonds is 5. The quantitative estimate of drug-likeness (QED) is 0.786. The molecule has 3 rings (SSSR count). The first kappa shape index (κ1) is 13.5. The van der Waals surface area contributed by atoms with Crippen molar-refractivity contribution >= 4 is 17.2 Å². The summed E-state index contributed by atoms with van der Waals surface area (Å²) >= 11 is 1.49. The van der Waals surface area contributed by atoms with Crippen molar-refractivity contribution in [1.82, 2.24) is 15.5 Å². The number of aromatic nitrogens is 2. The highest BCUT2D eigenvalue weighted by atomic mass is 32.1. The van der Waals surface area contributed by atoms with E-state index in [0.29, 0.717) is 17.9 Å². The largest absolute Gasteiger partial charge is 0.364 e. The molecule has 0 saturated carbocycles. The summed E-state index contributed by atoms with van der Waals surface area (Å²) in [6, 6.07) is 11.8. The van der Waals surface area contributed by atoms with Gasteiger partial charge in [-0.3, -0.25) is 4.79 Å². The van der Waals surface area contributed by atoms with Gasteiger partial charge in [-0.15, -0.1) is 11.3 Å². The van der Waals surface area contributed by atoms with Gasteiger partial charge < -0.3 is 9.84 Å². The fraction of sp³-hybridized carbons (Fsp3) is 0.133. The van der Waals surface area contributed by atoms with Crippen LogP contribution < -0.4 is 5.32 Å². The van der Waals surface area contributed by atoms with E-state index < -0.39 is 0 Å². The maximum absolute atomic E-state index is 12.0. The Labute approximate surface area is 125 Å². The lowest BCUT2D eigenvalue weighted by molar-refractivity contribution is 0.0945. The van der Waals surface area contributed by atoms with Gasteiger partial charge >= 0.3 is 0 Å². The van der Waals surface area contributed by atoms with Crippen molar-refractivity contribution in [1.29, 1.82) is 0 Å². The van der Waals surface area contributed by atoms with Crippen LogP contribution in [0.4, 0.5) is 0 Å². The molecule has 0 atom stereocenters. The minimum atomic E-state index is -0.200. The second-order valence-electron chi connectivity index (χ2n) is 4.46. The number of nitrogens with one attached hydrogen (secondary N) is 1. The predicted octanol–water partition coefficient (Wildman–Crippen LogP) is 2.65. The Morgan fingerprint density at radius 2 is 2.10 bits per heavy atom. The Morgan fingerprint density at radius 3 is 2.86 bits per heavy atom. The van der Waals surface area contributed by atoms with Gasteiger partial charge in [0.05, 0.1) is 11.6 Å². The van der Waals surface area contributed by atoms with E-state index in [1.54, 1.807) is 11.4 Å². The third kappa shape index (κ3) is 3.55. The smallest absolute Gasteiger partial charge is 0.271 e. The highest BCUT2D eigenvalue weighted by Crippen LogP contribution is 2.14. The number of hydrogen-bond acceptors (Lipinski definition) is 5. The van der Waals surface area contributed by atoms with Crippen LogP contribution in [-0.2, 0) is 13.0 Å². The molecule has 0 radical (unpaired) electrons. The number of thiazole rings is 1. The fourth-order valence-corrected chi connectivity index (χ4v) is 2.67. The molecule has 6 heteroatoms. The molecule has 2 heterocycles. The molecule has 0 saturated heterocycles. The Kier molecular flexibility index (Phi) is 4.07. The fourth-order valence-electron chi connectivity index (χ4n) is 1.86. The standard InChI is InChI=1S/C15H13N3O2S/c19-15(16-9-12-6-7-20-18-12)13-10-21-14(17-13)8-11-4-2-1-3-5-11/h1-7,10H,8-9H2,(H,16,19). The lowest BCUT2D eigenvalue weighted by atomic mass is 10.2. The predicted molar refractivity (Wildman–Crippen MR) is 79.0 cm³/mol. The lowest BCUT2D eigenvalue weighted by Crippen LogP contribution is -2.23. The van der Waals surface area contributed by atoms with E-state index in [4.69, 9.17) is 4.52 Å². The molecule has 0 aliphatic heterocycles. The van der Waals surface area contributed by atoms with Gasteiger partial charge in [0.1, 0.15) is 17.7 Å². The molecule has 0 fully saturated rings. The summed E-state index contributed by atoms with van der Waals surface area (Å²) in [5.41, 5.74) is 2.30. The van der Waals surface area contributed by atoms with E-state index in [1.165, 1.54) is 23.2 Å². The van der Waals surface area contributed by atoms with E-state index in [-0.39, 0.29) is 5.91 Å². The summed E-state index contributed by atoms with van der Waals surface area (Å²) in [4.78, 5) is 16.3. The lowest BCUT2D eigenvalue weighted by Gasteiger charge is -1.99. The molecular formula is C15H13N3O2S. The Bertz CT molecular complexity index is 708. The van der Waals surface area contributed by atoms with Gasteiger partial charge in [0, 0.05) is 17.9 Å². The zero-order valence-corrected chi connectivity index (χ0v) is 12.0. The summed E-state index contributed by atoms with van der Waals surface area (Å²) in [5, 5.41) is 9.19. The van der Waals surface area contributed by atoms with E-state index in [9.17, 15) is 4.79 Å². The van der Waals surface area contributed by atoms with Crippen molar-refractivity contribution in [3.05, 3.63) is 70.0 Å². The minimum absolute atomic E-state index is 0.200. The number of amides is 1. The first-order valence-electron chi connectivity index (χ1n) is 6.47. The summed E-state index contributed by atoms with van der Waals surface area (Å²) in [5.74, 6) is -0.200. The number of benzene rings is 1. The monoisotopic (exact) mass is 299 g/mol. The van der Waals surface area contributed by atoms with Gasteiger partial charge in [0.15, 0.2) is 0 Å². The molecule has 3 aromatic rings. The Balaban J connectivity index is 1.60. The minimum Gasteiger partial charge on any atom is -0.364 e. The van der Waals surface area contributed by atoms with Crippen LogP contribution in [0.2, 0.25) is 0 Å². The molecule has 2 aromatic heterocycles. The molecule has 1 amide bonds. The van der Waals surface area contributed by atoms with Gasteiger partial charge in [-0.1, -0.05) is 35.5 Å². The van der Waals surface area contributed by atoms with Gasteiger partial charge in [0.2, 0.25) is 0 Å². The molecule has 0 aliphatic carbocycles. The second-order valence-corrected chi connectivity index (χ2v) is 5.40. The second kappa shape index (κ2) is 6.32. The molecule has 1 N–H and O–H groups in total. The van der Waals surface area contributed by atoms with Crippen LogP contribution >= 0.6 is 11.3 Å². The summed E-state index contributed by atoms with van der Waals surface area (Å²) in [7, 11) is 0. The average Bonchev–Trinajstić information content (AvgIpc) is 3.17. The Morgan fingerprint density at radius 1 is 1.24 bits per heavy atom. The zero-order chi connectivity index (χ0) is 14.5. The molecule has 21 heavy (non-hydrogen) atoms. The van der Waals surface area contributed by atoms with Gasteiger partial charge in [-0.25, -0.2) is 4.98 Å². The number of nitrogens with zero attached hydrogens (tertiary/aromatic N) is 2. The maximum Gasteiger partial charge on any atom is 0.271 e. The molecule has 0 unspecified atom stereocenters. The van der Waals surface area contributed by atoms with Gasteiger partial charge in [-0.2, -0.15) is 0 Å². The first-order chi connectivity index (χ1) is 10.3. The number of carbonyl (C=O) groups excluding carboxylic acids is 1. The third-order valence-electron chi connectivity index (χ3n) is 2.90. The van der Waals surface area contributed by atoms with E-state index in [2.05, 4.69) is 15.5 Å². The normalized spacial score (nSPS) is 10.5. The van der Waals surface area contributed by atoms with Crippen molar-refractivity contribution in [2.24, 2.45) is 0 Å². The van der Waals surface area contributed by atoms with Gasteiger partial charge in [-0.05, 0) is 5.56 Å². The number of hydrogen-bond donors (Lipinski definition) is 1. The highest BCUT2D eigenvalue weighted by Gasteiger charge is 2.11. The van der Waals surface area contributed by atoms with Crippen molar-refractivity contribution in [3.8, 4) is 0 Å². The first-order valence-corrected chi connectivity index (χ1v) is 7.35. The van der Waals surface area contributed by atoms with Crippen LogP contribution in [0.5, 0.6) is 0 Å². The van der Waals surface area contributed by atoms with Crippen molar-refractivity contribution in [3.63, 3.8) is 0 Å². The van der Waals surface area contributed by atoms with Crippen molar-refractivity contribution in [2.45, 2.75) is 13.0 Å². The maximum atomic E-state index is 12.0. The van der Waals surface area contributed by atoms with Crippen LogP contribution in [0.1, 0.15) is 26.8 Å². The number of carbonyl (C=O) groups is 1. The third-order valence-corrected chi connectivity index (χ3v) is 3.75. The molecule has 106 valence electrons. The van der Waals surface area contributed by atoms with Crippen LogP contribution in [0, 0.1) is 0 Å². The van der Waals surface area contributed by atoms with Gasteiger partial charge in [0.25, 0.3) is 5.91 Å². The van der Waals surface area contributed by atoms with Crippen LogP contribution in [-0.4, -0.2) is 16.0 Å². The molecule has 1 aromatic carbocycles. The summed E-state index contributed by atoms with van der Waals surface area (Å²) in [6.07, 6.45) is 2.21. The summed E-state index contributed by atoms with van der Waals surface area (Å²) in [6.45, 7) is 0.334. The van der Waals surface area contributed by atoms with Crippen LogP contribution in [0.3, 0.4) is 0 Å². The van der Waals surface area contributed by atoms with E-state index in [0.717, 1.165) is 11.4 Å². The molecular weight excluding hydrogens is 286 g/mol. The Hall–Kier alpha value is -2.47. The zero-order valence-electron chi connectivity index (χ0n) is 11.2. The molecule has 0 aliphatic rings. The van der Waals surface area contributed by atoms with Crippen LogP contribution in [0.25, 0.3) is 0 Å². The van der Waals surface area contributed by atoms with Crippen molar-refractivity contribution < 1.29 is 9.32 Å². The SMILES string of the molecule is O=C(NCc1ccon1)c1csc(Cc2ccccc2)n1. The van der Waals surface area contributed by atoms with E-state index in [1.807, 2.05) is 30.3 Å². The topological polar surface area (TPSA) is 68.0 Å². The molecule has 5 nitrogen and oxygen atoms in total. The van der Waals surface area contributed by atoms with Crippen LogP contribution in [0.15, 0.2) is 52.6 Å². The van der Waals surface area contributed by atoms with Crippen molar-refractivity contribution in [2.75, 3.05) is 0 Å². The molecule has 0 spiro atoms. The highest BCUT2D eigenvalue weighted by molar-refractivity contribution is 7.09. The summed E-state index contributed by atoms with van der Waals surface area (Å²) < 4.78 is 4.71.